The second-order valence-corrected chi connectivity index (χ2v) is 3.66. The van der Waals surface area contributed by atoms with Crippen LogP contribution in [0.3, 0.4) is 0 Å². The van der Waals surface area contributed by atoms with Gasteiger partial charge in [-0.15, -0.1) is 0 Å². The van der Waals surface area contributed by atoms with E-state index < -0.39 is 28.8 Å². The Labute approximate surface area is 96.0 Å². The molecular formula is C11H11F2NO3. The highest BCUT2D eigenvalue weighted by Gasteiger charge is 2.45. The van der Waals surface area contributed by atoms with Gasteiger partial charge in [0.2, 0.25) is 0 Å². The van der Waals surface area contributed by atoms with Crippen molar-refractivity contribution in [3.63, 3.8) is 0 Å². The number of carboxylic acids is 1. The normalized spacial score (nSPS) is 11.3. The zero-order valence-corrected chi connectivity index (χ0v) is 9.21. The lowest BCUT2D eigenvalue weighted by molar-refractivity contribution is -0.166. The third kappa shape index (κ3) is 2.11. The molecule has 0 saturated heterocycles. The van der Waals surface area contributed by atoms with Crippen LogP contribution in [0.15, 0.2) is 12.1 Å². The van der Waals surface area contributed by atoms with Crippen LogP contribution in [-0.2, 0) is 10.7 Å². The molecule has 0 atom stereocenters. The van der Waals surface area contributed by atoms with Crippen molar-refractivity contribution < 1.29 is 23.8 Å². The van der Waals surface area contributed by atoms with Crippen LogP contribution < -0.4 is 0 Å². The number of hydrogen-bond donors (Lipinski definition) is 3. The van der Waals surface area contributed by atoms with Crippen molar-refractivity contribution >= 4 is 11.7 Å². The van der Waals surface area contributed by atoms with Crippen LogP contribution in [0.25, 0.3) is 0 Å². The molecule has 0 unspecified atom stereocenters. The van der Waals surface area contributed by atoms with Crippen molar-refractivity contribution in [2.24, 2.45) is 0 Å². The van der Waals surface area contributed by atoms with Gasteiger partial charge in [0.15, 0.2) is 0 Å². The zero-order valence-electron chi connectivity index (χ0n) is 9.21. The molecule has 0 aromatic heterocycles. The molecule has 0 aliphatic heterocycles. The molecule has 1 rings (SSSR count). The Kier molecular flexibility index (Phi) is 3.17. The number of aryl methyl sites for hydroxylation is 1. The summed E-state index contributed by atoms with van der Waals surface area (Å²) in [6, 6.07) is 2.35. The number of nitrogens with one attached hydrogen (secondary N) is 1. The highest BCUT2D eigenvalue weighted by molar-refractivity contribution is 6.02. The van der Waals surface area contributed by atoms with Crippen molar-refractivity contribution in [3.8, 4) is 5.75 Å². The number of benzene rings is 1. The molecule has 0 spiro atoms. The standard InChI is InChI=1S/C11H11F2NO3/c1-5-3-4-7(15)8(6(2)14)9(5)11(12,13)10(16)17/h3-4,14-15H,1-2H3,(H,16,17). The molecule has 3 N–H and O–H groups in total. The Morgan fingerprint density at radius 2 is 1.94 bits per heavy atom. The van der Waals surface area contributed by atoms with Crippen LogP contribution in [0, 0.1) is 12.3 Å². The van der Waals surface area contributed by atoms with Crippen LogP contribution in [-0.4, -0.2) is 21.9 Å². The van der Waals surface area contributed by atoms with E-state index in [0.717, 1.165) is 6.07 Å². The van der Waals surface area contributed by atoms with Crippen LogP contribution in [0.4, 0.5) is 8.78 Å². The first-order valence-electron chi connectivity index (χ1n) is 4.69. The lowest BCUT2D eigenvalue weighted by atomic mass is 9.93. The van der Waals surface area contributed by atoms with Crippen molar-refractivity contribution in [1.82, 2.24) is 0 Å². The van der Waals surface area contributed by atoms with E-state index in [1.165, 1.54) is 19.9 Å². The predicted octanol–water partition coefficient (Wildman–Crippen LogP) is 2.26. The summed E-state index contributed by atoms with van der Waals surface area (Å²) in [7, 11) is 0. The van der Waals surface area contributed by atoms with E-state index in [9.17, 15) is 18.7 Å². The first-order valence-corrected chi connectivity index (χ1v) is 4.69. The third-order valence-corrected chi connectivity index (χ3v) is 2.35. The van der Waals surface area contributed by atoms with E-state index in [2.05, 4.69) is 0 Å². The average molecular weight is 243 g/mol. The van der Waals surface area contributed by atoms with Crippen molar-refractivity contribution in [3.05, 3.63) is 28.8 Å². The highest BCUT2D eigenvalue weighted by Crippen LogP contribution is 2.37. The number of phenolic OH excluding ortho intramolecular Hbond substituents is 1. The number of halogens is 2. The lowest BCUT2D eigenvalue weighted by Crippen LogP contribution is -2.28. The van der Waals surface area contributed by atoms with Gasteiger partial charge >= 0.3 is 11.9 Å². The Hall–Kier alpha value is -1.98. The fraction of sp³-hybridized carbons (Fsp3) is 0.273. The van der Waals surface area contributed by atoms with Gasteiger partial charge in [0.1, 0.15) is 5.75 Å². The van der Waals surface area contributed by atoms with Gasteiger partial charge in [-0.25, -0.2) is 4.79 Å². The topological polar surface area (TPSA) is 81.4 Å². The predicted molar refractivity (Wildman–Crippen MR) is 56.9 cm³/mol. The number of carbonyl (C=O) groups is 1. The SMILES string of the molecule is CC(=N)c1c(O)ccc(C)c1C(F)(F)C(=O)O. The Balaban J connectivity index is 3.68. The molecule has 0 aliphatic carbocycles. The average Bonchev–Trinajstić information content (AvgIpc) is 2.19. The molecule has 1 aromatic rings. The molecule has 0 fully saturated rings. The van der Waals surface area contributed by atoms with E-state index >= 15 is 0 Å². The fourth-order valence-corrected chi connectivity index (χ4v) is 1.59. The Bertz CT molecular complexity index is 498. The minimum Gasteiger partial charge on any atom is -0.507 e. The summed E-state index contributed by atoms with van der Waals surface area (Å²) < 4.78 is 27.1. The molecular weight excluding hydrogens is 232 g/mol. The van der Waals surface area contributed by atoms with Crippen molar-refractivity contribution in [1.29, 1.82) is 5.41 Å². The first-order chi connectivity index (χ1) is 7.69. The van der Waals surface area contributed by atoms with Crippen molar-refractivity contribution in [2.75, 3.05) is 0 Å². The van der Waals surface area contributed by atoms with Gasteiger partial charge in [0, 0.05) is 16.8 Å². The van der Waals surface area contributed by atoms with Gasteiger partial charge in [-0.05, 0) is 25.5 Å². The second-order valence-electron chi connectivity index (χ2n) is 3.66. The molecule has 0 amide bonds. The van der Waals surface area contributed by atoms with E-state index in [4.69, 9.17) is 10.5 Å². The van der Waals surface area contributed by atoms with Gasteiger partial charge in [0.05, 0.1) is 0 Å². The molecule has 1 aromatic carbocycles. The maximum atomic E-state index is 13.5. The zero-order chi connectivity index (χ0) is 13.4. The van der Waals surface area contributed by atoms with Crippen LogP contribution in [0.2, 0.25) is 0 Å². The lowest BCUT2D eigenvalue weighted by Gasteiger charge is -2.19. The van der Waals surface area contributed by atoms with Crippen LogP contribution >= 0.6 is 0 Å². The number of aromatic hydroxyl groups is 1. The molecule has 0 heterocycles. The van der Waals surface area contributed by atoms with Gasteiger partial charge in [-0.2, -0.15) is 8.78 Å². The van der Waals surface area contributed by atoms with Crippen LogP contribution in [0.1, 0.15) is 23.6 Å². The highest BCUT2D eigenvalue weighted by atomic mass is 19.3. The smallest absolute Gasteiger partial charge is 0.379 e. The maximum Gasteiger partial charge on any atom is 0.379 e. The molecule has 0 radical (unpaired) electrons. The molecule has 92 valence electrons. The van der Waals surface area contributed by atoms with Gasteiger partial charge in [0.25, 0.3) is 0 Å². The van der Waals surface area contributed by atoms with Crippen LogP contribution in [0.5, 0.6) is 5.75 Å². The summed E-state index contributed by atoms with van der Waals surface area (Å²) in [5.74, 6) is -6.98. The molecule has 0 saturated carbocycles. The third-order valence-electron chi connectivity index (χ3n) is 2.35. The summed E-state index contributed by atoms with van der Waals surface area (Å²) in [4.78, 5) is 10.6. The Morgan fingerprint density at radius 1 is 1.41 bits per heavy atom. The number of phenols is 1. The number of rotatable bonds is 3. The number of aliphatic carboxylic acids is 1. The summed E-state index contributed by atoms with van der Waals surface area (Å²) in [6.45, 7) is 2.51. The summed E-state index contributed by atoms with van der Waals surface area (Å²) >= 11 is 0. The Morgan fingerprint density at radius 3 is 2.35 bits per heavy atom. The fourth-order valence-electron chi connectivity index (χ4n) is 1.59. The van der Waals surface area contributed by atoms with E-state index in [1.54, 1.807) is 0 Å². The summed E-state index contributed by atoms with van der Waals surface area (Å²) in [5, 5.41) is 25.3. The van der Waals surface area contributed by atoms with Gasteiger partial charge in [-0.1, -0.05) is 6.07 Å². The largest absolute Gasteiger partial charge is 0.507 e. The molecule has 6 heteroatoms. The number of hydrogen-bond acceptors (Lipinski definition) is 3. The first kappa shape index (κ1) is 13.1. The minimum absolute atomic E-state index is 0.0109. The molecule has 17 heavy (non-hydrogen) atoms. The summed E-state index contributed by atoms with van der Waals surface area (Å²) in [6.07, 6.45) is 0. The molecule has 4 nitrogen and oxygen atoms in total. The summed E-state index contributed by atoms with van der Waals surface area (Å²) in [5.41, 5.74) is -1.58. The van der Waals surface area contributed by atoms with Gasteiger partial charge in [-0.3, -0.25) is 0 Å². The maximum absolute atomic E-state index is 13.5. The van der Waals surface area contributed by atoms with E-state index in [1.807, 2.05) is 0 Å². The van der Waals surface area contributed by atoms with E-state index in [-0.39, 0.29) is 11.3 Å². The second kappa shape index (κ2) is 4.12. The number of carboxylic acid groups (broad SMARTS) is 1. The minimum atomic E-state index is -4.14. The number of alkyl halides is 2. The van der Waals surface area contributed by atoms with Gasteiger partial charge < -0.3 is 15.6 Å². The molecule has 0 aliphatic rings. The van der Waals surface area contributed by atoms with E-state index in [0.29, 0.717) is 0 Å². The monoisotopic (exact) mass is 243 g/mol. The quantitative estimate of drug-likeness (QED) is 0.712. The van der Waals surface area contributed by atoms with Crippen molar-refractivity contribution in [2.45, 2.75) is 19.8 Å². The molecule has 0 bridgehead atoms.